The van der Waals surface area contributed by atoms with Crippen LogP contribution in [0.25, 0.3) is 0 Å². The highest BCUT2D eigenvalue weighted by molar-refractivity contribution is 5.94. The number of carbonyl (C=O) groups is 1. The lowest BCUT2D eigenvalue weighted by Gasteiger charge is -2.31. The maximum Gasteiger partial charge on any atom is 0.253 e. The summed E-state index contributed by atoms with van der Waals surface area (Å²) in [7, 11) is 0. The number of hydrogen-bond acceptors (Lipinski definition) is 4. The van der Waals surface area contributed by atoms with Crippen molar-refractivity contribution in [3.63, 3.8) is 0 Å². The zero-order chi connectivity index (χ0) is 17.9. The summed E-state index contributed by atoms with van der Waals surface area (Å²) < 4.78 is 0. The van der Waals surface area contributed by atoms with E-state index in [0.717, 1.165) is 30.8 Å². The van der Waals surface area contributed by atoms with E-state index >= 15 is 0 Å². The zero-order valence-electron chi connectivity index (χ0n) is 14.5. The number of nitrogens with zero attached hydrogens (tertiary/aromatic N) is 3. The molecule has 1 aromatic heterocycles. The van der Waals surface area contributed by atoms with Crippen molar-refractivity contribution in [2.45, 2.75) is 38.2 Å². The van der Waals surface area contributed by atoms with E-state index in [2.05, 4.69) is 27.0 Å². The molecule has 0 saturated carbocycles. The molecule has 1 fully saturated rings. The number of carbonyl (C=O) groups excluding carboxylic acids is 1. The van der Waals surface area contributed by atoms with Crippen molar-refractivity contribution in [3.8, 4) is 11.8 Å². The number of benzene rings is 1. The minimum Gasteiger partial charge on any atom is -0.378 e. The van der Waals surface area contributed by atoms with Crippen LogP contribution >= 0.6 is 0 Å². The normalized spacial score (nSPS) is 17.7. The summed E-state index contributed by atoms with van der Waals surface area (Å²) in [5.74, 6) is 6.72. The van der Waals surface area contributed by atoms with Gasteiger partial charge in [-0.3, -0.25) is 9.89 Å². The van der Waals surface area contributed by atoms with E-state index in [1.165, 1.54) is 6.33 Å². The summed E-state index contributed by atoms with van der Waals surface area (Å²) in [4.78, 5) is 18.9. The van der Waals surface area contributed by atoms with Crippen molar-refractivity contribution >= 4 is 5.91 Å². The summed E-state index contributed by atoms with van der Waals surface area (Å²) in [6, 6.07) is 7.23. The van der Waals surface area contributed by atoms with Gasteiger partial charge in [0.1, 0.15) is 17.8 Å². The van der Waals surface area contributed by atoms with Crippen LogP contribution in [0, 0.1) is 11.8 Å². The second-order valence-corrected chi connectivity index (χ2v) is 6.85. The van der Waals surface area contributed by atoms with Gasteiger partial charge in [-0.1, -0.05) is 17.9 Å². The molecule has 1 aromatic carbocycles. The van der Waals surface area contributed by atoms with Gasteiger partial charge in [-0.25, -0.2) is 4.98 Å². The summed E-state index contributed by atoms with van der Waals surface area (Å²) in [5, 5.41) is 16.5. The minimum atomic E-state index is -1.06. The monoisotopic (exact) mass is 338 g/mol. The molecule has 2 aromatic rings. The van der Waals surface area contributed by atoms with Gasteiger partial charge >= 0.3 is 0 Å². The summed E-state index contributed by atoms with van der Waals surface area (Å²) in [6.07, 6.45) is 3.44. The van der Waals surface area contributed by atoms with E-state index in [0.29, 0.717) is 12.1 Å². The predicted molar refractivity (Wildman–Crippen MR) is 93.9 cm³/mol. The van der Waals surface area contributed by atoms with Gasteiger partial charge < -0.3 is 10.0 Å². The first-order chi connectivity index (χ1) is 11.9. The summed E-state index contributed by atoms with van der Waals surface area (Å²) in [5.41, 5.74) is 0.273. The van der Waals surface area contributed by atoms with Crippen LogP contribution in [0.5, 0.6) is 0 Å². The molecule has 6 nitrogen and oxygen atoms in total. The third kappa shape index (κ3) is 4.46. The van der Waals surface area contributed by atoms with Crippen LogP contribution in [0.2, 0.25) is 0 Å². The number of likely N-dealkylation sites (tertiary alicyclic amines) is 1. The van der Waals surface area contributed by atoms with Crippen molar-refractivity contribution in [3.05, 3.63) is 47.5 Å². The maximum absolute atomic E-state index is 12.9. The molecule has 2 N–H and O–H groups in total. The summed E-state index contributed by atoms with van der Waals surface area (Å²) in [6.45, 7) is 4.63. The van der Waals surface area contributed by atoms with Crippen molar-refractivity contribution in [1.29, 1.82) is 0 Å². The topological polar surface area (TPSA) is 82.1 Å². The van der Waals surface area contributed by atoms with Crippen LogP contribution < -0.4 is 0 Å². The standard InChI is InChI=1S/C19H22N4O2/c1-19(2,25)9-8-14-5-3-6-15(11-14)18(24)23-10-4-7-16(12-23)17-20-13-21-22-17/h3,5-6,11,13,16,25H,4,7,10,12H2,1-2H3,(H,20,21,22). The number of piperidine rings is 1. The molecule has 1 saturated heterocycles. The highest BCUT2D eigenvalue weighted by Gasteiger charge is 2.27. The van der Waals surface area contributed by atoms with Gasteiger partial charge in [0.05, 0.1) is 0 Å². The molecule has 1 atom stereocenters. The van der Waals surface area contributed by atoms with Gasteiger partial charge in [0.2, 0.25) is 0 Å². The van der Waals surface area contributed by atoms with Gasteiger partial charge in [0.25, 0.3) is 5.91 Å². The quantitative estimate of drug-likeness (QED) is 0.820. The highest BCUT2D eigenvalue weighted by Crippen LogP contribution is 2.25. The van der Waals surface area contributed by atoms with Crippen LogP contribution in [-0.4, -0.2) is 49.8 Å². The lowest BCUT2D eigenvalue weighted by molar-refractivity contribution is 0.0704. The third-order valence-corrected chi connectivity index (χ3v) is 4.15. The van der Waals surface area contributed by atoms with Gasteiger partial charge in [-0.05, 0) is 44.9 Å². The van der Waals surface area contributed by atoms with Gasteiger partial charge in [0.15, 0.2) is 0 Å². The Hall–Kier alpha value is -2.65. The molecule has 0 bridgehead atoms. The van der Waals surface area contributed by atoms with Crippen molar-refractivity contribution in [1.82, 2.24) is 20.1 Å². The molecule has 1 aliphatic rings. The first kappa shape index (κ1) is 17.2. The Morgan fingerprint density at radius 3 is 3.00 bits per heavy atom. The fraction of sp³-hybridized carbons (Fsp3) is 0.421. The number of aromatic amines is 1. The third-order valence-electron chi connectivity index (χ3n) is 4.15. The Bertz CT molecular complexity index is 797. The molecule has 0 radical (unpaired) electrons. The van der Waals surface area contributed by atoms with Crippen LogP contribution in [0.4, 0.5) is 0 Å². The van der Waals surface area contributed by atoms with Crippen LogP contribution in [0.1, 0.15) is 54.4 Å². The predicted octanol–water partition coefficient (Wildman–Crippen LogP) is 1.95. The van der Waals surface area contributed by atoms with Crippen LogP contribution in [-0.2, 0) is 0 Å². The molecule has 2 heterocycles. The first-order valence-corrected chi connectivity index (χ1v) is 8.42. The van der Waals surface area contributed by atoms with Gasteiger partial charge in [-0.15, -0.1) is 0 Å². The van der Waals surface area contributed by atoms with Crippen LogP contribution in [0.3, 0.4) is 0 Å². The SMILES string of the molecule is CC(C)(O)C#Cc1cccc(C(=O)N2CCCC(c3ncn[nH]3)C2)c1. The number of aromatic nitrogens is 3. The molecular weight excluding hydrogens is 316 g/mol. The van der Waals surface area contributed by atoms with Crippen molar-refractivity contribution in [2.24, 2.45) is 0 Å². The fourth-order valence-corrected chi connectivity index (χ4v) is 2.93. The molecule has 25 heavy (non-hydrogen) atoms. The molecule has 1 aliphatic heterocycles. The minimum absolute atomic E-state index is 0.00359. The molecule has 130 valence electrons. The maximum atomic E-state index is 12.9. The number of hydrogen-bond donors (Lipinski definition) is 2. The number of H-pyrrole nitrogens is 1. The summed E-state index contributed by atoms with van der Waals surface area (Å²) >= 11 is 0. The lowest BCUT2D eigenvalue weighted by Crippen LogP contribution is -2.39. The smallest absolute Gasteiger partial charge is 0.253 e. The number of nitrogens with one attached hydrogen (secondary N) is 1. The van der Waals surface area contributed by atoms with Gasteiger partial charge in [0, 0.05) is 30.1 Å². The molecular formula is C19H22N4O2. The van der Waals surface area contributed by atoms with E-state index in [1.807, 2.05) is 17.0 Å². The van der Waals surface area contributed by atoms with Crippen molar-refractivity contribution < 1.29 is 9.90 Å². The Kier molecular flexibility index (Phi) is 4.86. The molecule has 0 aliphatic carbocycles. The lowest BCUT2D eigenvalue weighted by atomic mass is 9.96. The van der Waals surface area contributed by atoms with Crippen molar-refractivity contribution in [2.75, 3.05) is 13.1 Å². The Balaban J connectivity index is 1.75. The number of amides is 1. The Morgan fingerprint density at radius 2 is 2.28 bits per heavy atom. The molecule has 0 spiro atoms. The molecule has 1 unspecified atom stereocenters. The van der Waals surface area contributed by atoms with E-state index in [1.54, 1.807) is 26.0 Å². The average Bonchev–Trinajstić information content (AvgIpc) is 3.14. The fourth-order valence-electron chi connectivity index (χ4n) is 2.93. The number of aliphatic hydroxyl groups is 1. The van der Waals surface area contributed by atoms with E-state index < -0.39 is 5.60 Å². The largest absolute Gasteiger partial charge is 0.378 e. The van der Waals surface area contributed by atoms with E-state index in [-0.39, 0.29) is 11.8 Å². The highest BCUT2D eigenvalue weighted by atomic mass is 16.3. The molecule has 6 heteroatoms. The van der Waals surface area contributed by atoms with Gasteiger partial charge in [-0.2, -0.15) is 5.10 Å². The number of rotatable bonds is 2. The second kappa shape index (κ2) is 7.08. The van der Waals surface area contributed by atoms with Crippen LogP contribution in [0.15, 0.2) is 30.6 Å². The average molecular weight is 338 g/mol. The zero-order valence-corrected chi connectivity index (χ0v) is 14.5. The molecule has 3 rings (SSSR count). The second-order valence-electron chi connectivity index (χ2n) is 6.85. The Morgan fingerprint density at radius 1 is 1.44 bits per heavy atom. The van der Waals surface area contributed by atoms with E-state index in [4.69, 9.17) is 0 Å². The van der Waals surface area contributed by atoms with E-state index in [9.17, 15) is 9.90 Å². The Labute approximate surface area is 147 Å². The molecule has 1 amide bonds. The first-order valence-electron chi connectivity index (χ1n) is 8.42.